The van der Waals surface area contributed by atoms with Crippen LogP contribution in [0.25, 0.3) is 17.2 Å². The van der Waals surface area contributed by atoms with Crippen molar-refractivity contribution in [3.8, 4) is 11.5 Å². The minimum Gasteiger partial charge on any atom is -0.454 e. The molecule has 0 unspecified atom stereocenters. The van der Waals surface area contributed by atoms with Gasteiger partial charge in [-0.05, 0) is 30.2 Å². The summed E-state index contributed by atoms with van der Waals surface area (Å²) in [6, 6.07) is 5.46. The lowest BCUT2D eigenvalue weighted by Crippen LogP contribution is -2.36. The third-order valence-corrected chi connectivity index (χ3v) is 4.86. The molecule has 3 aromatic rings. The Kier molecular flexibility index (Phi) is 5.13. The number of imidazole rings is 1. The van der Waals surface area contributed by atoms with Gasteiger partial charge >= 0.3 is 5.69 Å². The van der Waals surface area contributed by atoms with Gasteiger partial charge in [0.1, 0.15) is 11.3 Å². The Hall–Kier alpha value is -3.82. The van der Waals surface area contributed by atoms with Crippen molar-refractivity contribution in [1.82, 2.24) is 24.4 Å². The fourth-order valence-electron chi connectivity index (χ4n) is 3.21. The highest BCUT2D eigenvalue weighted by molar-refractivity contribution is 5.91. The maximum absolute atomic E-state index is 12.2. The smallest absolute Gasteiger partial charge is 0.332 e. The lowest BCUT2D eigenvalue weighted by molar-refractivity contribution is -0.116. The molecule has 0 saturated carbocycles. The minimum atomic E-state index is -0.424. The molecule has 156 valence electrons. The van der Waals surface area contributed by atoms with Crippen LogP contribution in [0.1, 0.15) is 17.8 Å². The van der Waals surface area contributed by atoms with Gasteiger partial charge in [0.15, 0.2) is 17.1 Å². The third kappa shape index (κ3) is 3.71. The van der Waals surface area contributed by atoms with E-state index in [1.54, 1.807) is 19.2 Å². The molecule has 1 amide bonds. The Bertz CT molecular complexity index is 1270. The second-order valence-electron chi connectivity index (χ2n) is 6.93. The average molecular weight is 411 g/mol. The molecule has 4 rings (SSSR count). The summed E-state index contributed by atoms with van der Waals surface area (Å²) in [5, 5.41) is 2.81. The van der Waals surface area contributed by atoms with Crippen LogP contribution in [0.3, 0.4) is 0 Å². The lowest BCUT2D eigenvalue weighted by atomic mass is 10.2. The van der Waals surface area contributed by atoms with Crippen molar-refractivity contribution in [2.45, 2.75) is 12.8 Å². The maximum Gasteiger partial charge on any atom is 0.332 e. The van der Waals surface area contributed by atoms with Gasteiger partial charge in [0, 0.05) is 33.1 Å². The number of hydrogen-bond donors (Lipinski definition) is 2. The van der Waals surface area contributed by atoms with E-state index in [4.69, 9.17) is 9.47 Å². The fraction of sp³-hybridized carbons (Fsp3) is 0.300. The Morgan fingerprint density at radius 1 is 1.23 bits per heavy atom. The number of aromatic nitrogens is 4. The number of nitrogens with one attached hydrogen (secondary N) is 2. The quantitative estimate of drug-likeness (QED) is 0.449. The molecule has 1 aromatic carbocycles. The second-order valence-corrected chi connectivity index (χ2v) is 6.93. The molecule has 1 aliphatic heterocycles. The summed E-state index contributed by atoms with van der Waals surface area (Å²) in [6.45, 7) is 0.650. The van der Waals surface area contributed by atoms with Crippen molar-refractivity contribution in [3.63, 3.8) is 0 Å². The number of aryl methyl sites for hydroxylation is 2. The molecule has 10 nitrogen and oxygen atoms in total. The molecule has 0 aliphatic carbocycles. The highest BCUT2D eigenvalue weighted by Gasteiger charge is 2.14. The zero-order valence-corrected chi connectivity index (χ0v) is 16.6. The summed E-state index contributed by atoms with van der Waals surface area (Å²) in [4.78, 5) is 43.5. The van der Waals surface area contributed by atoms with Crippen LogP contribution >= 0.6 is 0 Å². The van der Waals surface area contributed by atoms with Crippen molar-refractivity contribution < 1.29 is 14.3 Å². The number of carbonyl (C=O) groups excluding carboxylic acids is 1. The standard InChI is InChI=1S/C20H21N5O5/c1-24-18-17(19(27)25(2)20(24)28)22-15(23-18)4-3-9-21-16(26)8-6-12-5-7-13-14(10-12)30-11-29-13/h5-8,10H,3-4,9,11H2,1-2H3,(H,21,26)(H,22,23)/b8-6+. The molecule has 0 bridgehead atoms. The first-order valence-electron chi connectivity index (χ1n) is 9.44. The van der Waals surface area contributed by atoms with E-state index in [1.807, 2.05) is 12.1 Å². The summed E-state index contributed by atoms with van der Waals surface area (Å²) in [7, 11) is 3.00. The van der Waals surface area contributed by atoms with Crippen LogP contribution in [0.5, 0.6) is 11.5 Å². The number of rotatable bonds is 6. The van der Waals surface area contributed by atoms with Crippen molar-refractivity contribution in [3.05, 3.63) is 56.5 Å². The van der Waals surface area contributed by atoms with Gasteiger partial charge in [-0.3, -0.25) is 18.7 Å². The Balaban J connectivity index is 1.31. The second kappa shape index (κ2) is 7.90. The van der Waals surface area contributed by atoms with E-state index in [9.17, 15) is 14.4 Å². The number of fused-ring (bicyclic) bond motifs is 2. The minimum absolute atomic E-state index is 0.207. The van der Waals surface area contributed by atoms with Gasteiger partial charge in [0.05, 0.1) is 0 Å². The first-order valence-corrected chi connectivity index (χ1v) is 9.44. The van der Waals surface area contributed by atoms with Crippen LogP contribution in [0, 0.1) is 0 Å². The highest BCUT2D eigenvalue weighted by Crippen LogP contribution is 2.32. The van der Waals surface area contributed by atoms with Gasteiger partial charge in [-0.2, -0.15) is 0 Å². The van der Waals surface area contributed by atoms with Crippen LogP contribution < -0.4 is 26.0 Å². The van der Waals surface area contributed by atoms with Crippen molar-refractivity contribution in [2.75, 3.05) is 13.3 Å². The van der Waals surface area contributed by atoms with Crippen molar-refractivity contribution >= 4 is 23.1 Å². The average Bonchev–Trinajstić information content (AvgIpc) is 3.39. The van der Waals surface area contributed by atoms with Crippen molar-refractivity contribution in [2.24, 2.45) is 14.1 Å². The van der Waals surface area contributed by atoms with Crippen LogP contribution in [0.4, 0.5) is 0 Å². The fourth-order valence-corrected chi connectivity index (χ4v) is 3.21. The summed E-state index contributed by atoms with van der Waals surface area (Å²) in [6.07, 6.45) is 4.31. The first kappa shape index (κ1) is 19.5. The first-order chi connectivity index (χ1) is 14.4. The topological polar surface area (TPSA) is 120 Å². The number of carbonyl (C=O) groups is 1. The molecular weight excluding hydrogens is 390 g/mol. The van der Waals surface area contributed by atoms with Gasteiger partial charge in [-0.1, -0.05) is 6.07 Å². The summed E-state index contributed by atoms with van der Waals surface area (Å²) in [5.41, 5.74) is 0.629. The zero-order valence-electron chi connectivity index (χ0n) is 16.6. The molecule has 2 N–H and O–H groups in total. The lowest BCUT2D eigenvalue weighted by Gasteiger charge is -2.01. The number of amides is 1. The monoisotopic (exact) mass is 411 g/mol. The predicted octanol–water partition coefficient (Wildman–Crippen LogP) is 0.451. The number of aromatic amines is 1. The van der Waals surface area contributed by atoms with E-state index >= 15 is 0 Å². The molecule has 0 radical (unpaired) electrons. The normalized spacial score (nSPS) is 12.7. The number of benzene rings is 1. The number of H-pyrrole nitrogens is 1. The summed E-state index contributed by atoms with van der Waals surface area (Å²) >= 11 is 0. The van der Waals surface area contributed by atoms with E-state index in [0.29, 0.717) is 47.9 Å². The largest absolute Gasteiger partial charge is 0.454 e. The molecule has 0 fully saturated rings. The van der Waals surface area contributed by atoms with E-state index in [-0.39, 0.29) is 12.7 Å². The molecular formula is C20H21N5O5. The predicted molar refractivity (Wildman–Crippen MR) is 110 cm³/mol. The maximum atomic E-state index is 12.2. The molecule has 1 aliphatic rings. The van der Waals surface area contributed by atoms with Gasteiger partial charge in [-0.25, -0.2) is 9.78 Å². The van der Waals surface area contributed by atoms with E-state index in [2.05, 4.69) is 15.3 Å². The highest BCUT2D eigenvalue weighted by atomic mass is 16.7. The van der Waals surface area contributed by atoms with Crippen molar-refractivity contribution in [1.29, 1.82) is 0 Å². The molecule has 0 spiro atoms. The van der Waals surface area contributed by atoms with Crippen LogP contribution in [-0.4, -0.2) is 38.3 Å². The molecule has 10 heteroatoms. The Morgan fingerprint density at radius 2 is 2.03 bits per heavy atom. The summed E-state index contributed by atoms with van der Waals surface area (Å²) in [5.74, 6) is 1.73. The Labute approximate surface area is 170 Å². The number of hydrogen-bond acceptors (Lipinski definition) is 6. The van der Waals surface area contributed by atoms with Gasteiger partial charge in [0.25, 0.3) is 5.56 Å². The molecule has 0 atom stereocenters. The molecule has 2 aromatic heterocycles. The molecule has 3 heterocycles. The van der Waals surface area contributed by atoms with E-state index in [0.717, 1.165) is 10.1 Å². The van der Waals surface area contributed by atoms with Gasteiger partial charge < -0.3 is 19.8 Å². The van der Waals surface area contributed by atoms with Crippen LogP contribution in [0.2, 0.25) is 0 Å². The number of nitrogens with zero attached hydrogens (tertiary/aromatic N) is 3. The van der Waals surface area contributed by atoms with Gasteiger partial charge in [0.2, 0.25) is 12.7 Å². The Morgan fingerprint density at radius 3 is 2.87 bits per heavy atom. The SMILES string of the molecule is Cn1c(=O)c2[nH]c(CCCNC(=O)/C=C/c3ccc4c(c3)OCO4)nc2n(C)c1=O. The van der Waals surface area contributed by atoms with E-state index < -0.39 is 11.2 Å². The number of ether oxygens (including phenoxy) is 2. The van der Waals surface area contributed by atoms with Crippen LogP contribution in [0.15, 0.2) is 33.9 Å². The molecule has 0 saturated heterocycles. The van der Waals surface area contributed by atoms with Crippen LogP contribution in [-0.2, 0) is 25.3 Å². The van der Waals surface area contributed by atoms with Gasteiger partial charge in [-0.15, -0.1) is 0 Å². The zero-order chi connectivity index (χ0) is 21.3. The molecule has 30 heavy (non-hydrogen) atoms. The van der Waals surface area contributed by atoms with E-state index in [1.165, 1.54) is 17.7 Å². The summed E-state index contributed by atoms with van der Waals surface area (Å²) < 4.78 is 12.9. The third-order valence-electron chi connectivity index (χ3n) is 4.86.